The molecule has 0 fully saturated rings. The first-order valence-electron chi connectivity index (χ1n) is 10.7. The zero-order valence-electron chi connectivity index (χ0n) is 17.7. The van der Waals surface area contributed by atoms with Crippen LogP contribution in [0.15, 0.2) is 55.0 Å². The lowest BCUT2D eigenvalue weighted by Gasteiger charge is -2.12. The molecule has 1 aliphatic carbocycles. The minimum absolute atomic E-state index is 0.286. The number of aromatic nitrogens is 2. The molecule has 166 valence electrons. The number of benzene rings is 1. The van der Waals surface area contributed by atoms with Crippen molar-refractivity contribution in [3.8, 4) is 0 Å². The summed E-state index contributed by atoms with van der Waals surface area (Å²) in [7, 11) is 0. The van der Waals surface area contributed by atoms with Crippen LogP contribution in [0.2, 0.25) is 0 Å². The minimum atomic E-state index is -0.593. The number of Topliss-reactive ketones (excluding diaryl/α,β-unsaturated/α-hetero) is 1. The monoisotopic (exact) mass is 459 g/mol. The molecule has 0 bridgehead atoms. The Labute approximate surface area is 193 Å². The average molecular weight is 460 g/mol. The summed E-state index contributed by atoms with van der Waals surface area (Å²) in [5.74, 6) is -1.22. The lowest BCUT2D eigenvalue weighted by Crippen LogP contribution is -2.18. The van der Waals surface area contributed by atoms with Gasteiger partial charge in [0.05, 0.1) is 11.1 Å². The first-order valence-corrected chi connectivity index (χ1v) is 11.6. The van der Waals surface area contributed by atoms with Crippen molar-refractivity contribution in [1.82, 2.24) is 9.97 Å². The Hall–Kier alpha value is -3.78. The number of fused-ring (bicyclic) bond motifs is 2. The molecule has 8 heteroatoms. The van der Waals surface area contributed by atoms with Crippen molar-refractivity contribution in [2.45, 2.75) is 25.7 Å². The van der Waals surface area contributed by atoms with E-state index in [1.807, 2.05) is 24.3 Å². The summed E-state index contributed by atoms with van der Waals surface area (Å²) < 4.78 is 5.46. The van der Waals surface area contributed by atoms with E-state index in [-0.39, 0.29) is 18.3 Å². The number of amides is 1. The number of nitrogens with one attached hydrogen (secondary N) is 2. The van der Waals surface area contributed by atoms with E-state index in [2.05, 4.69) is 15.3 Å². The summed E-state index contributed by atoms with van der Waals surface area (Å²) in [5.41, 5.74) is 3.00. The fourth-order valence-corrected chi connectivity index (χ4v) is 5.40. The summed E-state index contributed by atoms with van der Waals surface area (Å²) in [4.78, 5) is 46.7. The second-order valence-corrected chi connectivity index (χ2v) is 8.96. The molecule has 0 spiro atoms. The first-order chi connectivity index (χ1) is 16.1. The number of esters is 1. The predicted molar refractivity (Wildman–Crippen MR) is 126 cm³/mol. The SMILES string of the molecule is O=C(Nc1sc2c(c1C(=O)OCC(=O)c1c[nH]c3ccccc13)CCCC2)c1cccnc1. The van der Waals surface area contributed by atoms with Crippen molar-refractivity contribution in [3.63, 3.8) is 0 Å². The molecule has 4 aromatic rings. The molecule has 7 nitrogen and oxygen atoms in total. The summed E-state index contributed by atoms with van der Waals surface area (Å²) in [6.07, 6.45) is 8.31. The summed E-state index contributed by atoms with van der Waals surface area (Å²) in [6.45, 7) is -0.374. The summed E-state index contributed by atoms with van der Waals surface area (Å²) in [5, 5.41) is 4.10. The Morgan fingerprint density at radius 3 is 2.79 bits per heavy atom. The Balaban J connectivity index is 1.37. The predicted octanol–water partition coefficient (Wildman–Crippen LogP) is 4.80. The standard InChI is InChI=1S/C25H21N3O4S/c29-20(18-13-27-19-9-3-1-7-16(18)19)14-32-25(31)22-17-8-2-4-10-21(17)33-24(22)28-23(30)15-6-5-11-26-12-15/h1,3,5-7,9,11-13,27H,2,4,8,10,14H2,(H,28,30). The molecule has 0 unspecified atom stereocenters. The van der Waals surface area contributed by atoms with Crippen LogP contribution in [-0.4, -0.2) is 34.2 Å². The van der Waals surface area contributed by atoms with Gasteiger partial charge < -0.3 is 15.0 Å². The van der Waals surface area contributed by atoms with Gasteiger partial charge in [-0.25, -0.2) is 4.79 Å². The maximum atomic E-state index is 13.1. The molecule has 0 saturated carbocycles. The number of para-hydroxylation sites is 1. The number of anilines is 1. The molecule has 33 heavy (non-hydrogen) atoms. The van der Waals surface area contributed by atoms with E-state index in [0.717, 1.165) is 47.0 Å². The van der Waals surface area contributed by atoms with Crippen LogP contribution < -0.4 is 5.32 Å². The van der Waals surface area contributed by atoms with Crippen molar-refractivity contribution >= 4 is 44.9 Å². The van der Waals surface area contributed by atoms with Gasteiger partial charge in [0.1, 0.15) is 5.00 Å². The normalized spacial score (nSPS) is 12.8. The number of rotatable bonds is 6. The molecular weight excluding hydrogens is 438 g/mol. The number of carbonyl (C=O) groups is 3. The van der Waals surface area contributed by atoms with E-state index in [1.165, 1.54) is 17.5 Å². The molecule has 1 aromatic carbocycles. The maximum absolute atomic E-state index is 13.1. The van der Waals surface area contributed by atoms with Crippen LogP contribution in [0.1, 0.15) is 54.4 Å². The highest BCUT2D eigenvalue weighted by molar-refractivity contribution is 7.17. The van der Waals surface area contributed by atoms with Gasteiger partial charge in [-0.3, -0.25) is 14.6 Å². The smallest absolute Gasteiger partial charge is 0.341 e. The molecule has 1 aliphatic rings. The van der Waals surface area contributed by atoms with Crippen LogP contribution in [0, 0.1) is 0 Å². The van der Waals surface area contributed by atoms with Crippen LogP contribution in [-0.2, 0) is 17.6 Å². The van der Waals surface area contributed by atoms with Crippen molar-refractivity contribution < 1.29 is 19.1 Å². The van der Waals surface area contributed by atoms with Crippen LogP contribution in [0.4, 0.5) is 5.00 Å². The molecule has 2 N–H and O–H groups in total. The maximum Gasteiger partial charge on any atom is 0.341 e. The lowest BCUT2D eigenvalue weighted by molar-refractivity contribution is 0.0475. The number of carbonyl (C=O) groups excluding carboxylic acids is 3. The highest BCUT2D eigenvalue weighted by atomic mass is 32.1. The van der Waals surface area contributed by atoms with Crippen LogP contribution in [0.3, 0.4) is 0 Å². The largest absolute Gasteiger partial charge is 0.454 e. The average Bonchev–Trinajstić information content (AvgIpc) is 3.44. The molecule has 3 aromatic heterocycles. The number of aryl methyl sites for hydroxylation is 1. The second-order valence-electron chi connectivity index (χ2n) is 7.86. The number of aromatic amines is 1. The van der Waals surface area contributed by atoms with Crippen LogP contribution in [0.5, 0.6) is 0 Å². The highest BCUT2D eigenvalue weighted by Crippen LogP contribution is 2.38. The van der Waals surface area contributed by atoms with E-state index < -0.39 is 5.97 Å². The van der Waals surface area contributed by atoms with Crippen LogP contribution >= 0.6 is 11.3 Å². The minimum Gasteiger partial charge on any atom is -0.454 e. The molecule has 5 rings (SSSR count). The Morgan fingerprint density at radius 1 is 1.09 bits per heavy atom. The van der Waals surface area contributed by atoms with Gasteiger partial charge in [0.15, 0.2) is 6.61 Å². The number of nitrogens with zero attached hydrogens (tertiary/aromatic N) is 1. The molecule has 3 heterocycles. The van der Waals surface area contributed by atoms with Gasteiger partial charge in [-0.2, -0.15) is 0 Å². The number of hydrogen-bond donors (Lipinski definition) is 2. The van der Waals surface area contributed by atoms with E-state index in [0.29, 0.717) is 21.7 Å². The van der Waals surface area contributed by atoms with E-state index in [9.17, 15) is 14.4 Å². The Bertz CT molecular complexity index is 1360. The van der Waals surface area contributed by atoms with Gasteiger partial charge >= 0.3 is 5.97 Å². The van der Waals surface area contributed by atoms with Gasteiger partial charge in [-0.15, -0.1) is 11.3 Å². The summed E-state index contributed by atoms with van der Waals surface area (Å²) in [6, 6.07) is 10.8. The van der Waals surface area contributed by atoms with Gasteiger partial charge in [0.25, 0.3) is 5.91 Å². The molecule has 0 aliphatic heterocycles. The highest BCUT2D eigenvalue weighted by Gasteiger charge is 2.28. The second kappa shape index (κ2) is 8.99. The quantitative estimate of drug-likeness (QED) is 0.319. The van der Waals surface area contributed by atoms with Gasteiger partial charge in [-0.1, -0.05) is 18.2 Å². The first kappa shape index (κ1) is 21.1. The number of thiophene rings is 1. The van der Waals surface area contributed by atoms with Crippen molar-refractivity contribution in [2.75, 3.05) is 11.9 Å². The summed E-state index contributed by atoms with van der Waals surface area (Å²) >= 11 is 1.40. The Kier molecular flexibility index (Phi) is 5.75. The number of hydrogen-bond acceptors (Lipinski definition) is 6. The topological polar surface area (TPSA) is 101 Å². The zero-order chi connectivity index (χ0) is 22.8. The van der Waals surface area contributed by atoms with Gasteiger partial charge in [0.2, 0.25) is 5.78 Å². The fraction of sp³-hybridized carbons (Fsp3) is 0.200. The van der Waals surface area contributed by atoms with E-state index in [4.69, 9.17) is 4.74 Å². The van der Waals surface area contributed by atoms with Gasteiger partial charge in [0, 0.05) is 39.9 Å². The number of ketones is 1. The molecule has 0 radical (unpaired) electrons. The number of ether oxygens (including phenoxy) is 1. The zero-order valence-corrected chi connectivity index (χ0v) is 18.5. The molecule has 0 atom stereocenters. The fourth-order valence-electron chi connectivity index (χ4n) is 4.13. The van der Waals surface area contributed by atoms with Crippen molar-refractivity contribution in [3.05, 3.63) is 82.1 Å². The molecule has 1 amide bonds. The third-order valence-electron chi connectivity index (χ3n) is 5.75. The van der Waals surface area contributed by atoms with Gasteiger partial charge in [-0.05, 0) is 49.4 Å². The molecular formula is C25H21N3O4S. The Morgan fingerprint density at radius 2 is 1.94 bits per heavy atom. The van der Waals surface area contributed by atoms with Crippen molar-refractivity contribution in [2.24, 2.45) is 0 Å². The van der Waals surface area contributed by atoms with Crippen molar-refractivity contribution in [1.29, 1.82) is 0 Å². The number of H-pyrrole nitrogens is 1. The number of pyridine rings is 1. The third-order valence-corrected chi connectivity index (χ3v) is 6.96. The van der Waals surface area contributed by atoms with Crippen LogP contribution in [0.25, 0.3) is 10.9 Å². The third kappa shape index (κ3) is 4.17. The van der Waals surface area contributed by atoms with E-state index in [1.54, 1.807) is 24.5 Å². The van der Waals surface area contributed by atoms with E-state index >= 15 is 0 Å². The molecule has 0 saturated heterocycles. The lowest BCUT2D eigenvalue weighted by atomic mass is 9.95.